The Labute approximate surface area is 47.4 Å². The maximum absolute atomic E-state index is 12.3. The monoisotopic (exact) mass is 112 g/mol. The number of aromatic nitrogens is 1. The molecule has 0 saturated carbocycles. The van der Waals surface area contributed by atoms with Crippen LogP contribution in [-0.2, 0) is 7.05 Å². The van der Waals surface area contributed by atoms with Crippen LogP contribution in [0.4, 0.5) is 4.39 Å². The summed E-state index contributed by atoms with van der Waals surface area (Å²) in [7, 11) is 1.66. The number of pyridine rings is 1. The molecule has 2 heteroatoms. The van der Waals surface area contributed by atoms with Gasteiger partial charge in [-0.05, 0) is 6.07 Å². The molecular weight excluding hydrogens is 105 g/mol. The van der Waals surface area contributed by atoms with Crippen molar-refractivity contribution in [3.8, 4) is 0 Å². The summed E-state index contributed by atoms with van der Waals surface area (Å²) in [6.07, 6.45) is 1.66. The number of hydrogen-bond acceptors (Lipinski definition) is 0. The van der Waals surface area contributed by atoms with Gasteiger partial charge < -0.3 is 0 Å². The van der Waals surface area contributed by atoms with Gasteiger partial charge in [-0.25, -0.2) is 0 Å². The van der Waals surface area contributed by atoms with Crippen LogP contribution in [0.5, 0.6) is 0 Å². The second-order valence-electron chi connectivity index (χ2n) is 1.63. The molecule has 42 valence electrons. The fourth-order valence-corrected chi connectivity index (χ4v) is 0.503. The zero-order valence-corrected chi connectivity index (χ0v) is 4.63. The van der Waals surface area contributed by atoms with Gasteiger partial charge in [-0.2, -0.15) is 4.57 Å². The molecule has 0 aliphatic heterocycles. The van der Waals surface area contributed by atoms with Gasteiger partial charge in [0.1, 0.15) is 7.05 Å². The van der Waals surface area contributed by atoms with E-state index in [0.29, 0.717) is 0 Å². The van der Waals surface area contributed by atoms with Crippen LogP contribution in [0.3, 0.4) is 0 Å². The second-order valence-corrected chi connectivity index (χ2v) is 1.63. The Morgan fingerprint density at radius 1 is 1.50 bits per heavy atom. The summed E-state index contributed by atoms with van der Waals surface area (Å²) in [4.78, 5) is 0. The first-order valence-corrected chi connectivity index (χ1v) is 2.41. The van der Waals surface area contributed by atoms with Crippen molar-refractivity contribution >= 4 is 0 Å². The standard InChI is InChI=1S/C6H7FN/c1-8-5-3-2-4-6(8)7/h2-5H,1H3/q+1. The predicted octanol–water partition coefficient (Wildman–Crippen LogP) is 0.650. The average molecular weight is 112 g/mol. The SMILES string of the molecule is C[n+]1ccccc1F. The van der Waals surface area contributed by atoms with Crippen LogP contribution in [-0.4, -0.2) is 0 Å². The Hall–Kier alpha value is -0.920. The predicted molar refractivity (Wildman–Crippen MR) is 27.6 cm³/mol. The smallest absolute Gasteiger partial charge is 0.176 e. The van der Waals surface area contributed by atoms with Crippen LogP contribution in [0.2, 0.25) is 0 Å². The first kappa shape index (κ1) is 5.22. The summed E-state index contributed by atoms with van der Waals surface area (Å²) in [6, 6.07) is 4.86. The summed E-state index contributed by atoms with van der Waals surface area (Å²) in [5, 5.41) is 0. The minimum Gasteiger partial charge on any atom is -0.176 e. The van der Waals surface area contributed by atoms with E-state index in [-0.39, 0.29) is 5.95 Å². The zero-order chi connectivity index (χ0) is 5.98. The van der Waals surface area contributed by atoms with E-state index in [2.05, 4.69) is 0 Å². The highest BCUT2D eigenvalue weighted by Crippen LogP contribution is 1.83. The molecule has 0 bridgehead atoms. The maximum Gasteiger partial charge on any atom is 0.359 e. The van der Waals surface area contributed by atoms with Crippen LogP contribution >= 0.6 is 0 Å². The molecule has 0 unspecified atom stereocenters. The Morgan fingerprint density at radius 2 is 2.25 bits per heavy atom. The molecule has 1 aromatic rings. The normalized spacial score (nSPS) is 9.25. The van der Waals surface area contributed by atoms with Gasteiger partial charge >= 0.3 is 5.95 Å². The third kappa shape index (κ3) is 0.832. The van der Waals surface area contributed by atoms with Crippen molar-refractivity contribution in [2.75, 3.05) is 0 Å². The quantitative estimate of drug-likeness (QED) is 0.342. The topological polar surface area (TPSA) is 3.88 Å². The summed E-state index contributed by atoms with van der Waals surface area (Å²) < 4.78 is 13.7. The molecule has 0 aliphatic carbocycles. The lowest BCUT2D eigenvalue weighted by Gasteiger charge is -1.83. The van der Waals surface area contributed by atoms with Gasteiger partial charge in [-0.1, -0.05) is 0 Å². The maximum atomic E-state index is 12.3. The number of halogens is 1. The van der Waals surface area contributed by atoms with Crippen molar-refractivity contribution in [1.29, 1.82) is 0 Å². The van der Waals surface area contributed by atoms with Crippen molar-refractivity contribution in [2.45, 2.75) is 0 Å². The van der Waals surface area contributed by atoms with E-state index in [9.17, 15) is 4.39 Å². The van der Waals surface area contributed by atoms with E-state index in [1.807, 2.05) is 0 Å². The number of nitrogens with zero attached hydrogens (tertiary/aromatic N) is 1. The van der Waals surface area contributed by atoms with Crippen molar-refractivity contribution in [3.63, 3.8) is 0 Å². The van der Waals surface area contributed by atoms with E-state index in [1.54, 1.807) is 25.4 Å². The second kappa shape index (κ2) is 1.90. The van der Waals surface area contributed by atoms with Gasteiger partial charge in [-0.15, -0.1) is 4.39 Å². The van der Waals surface area contributed by atoms with Gasteiger partial charge in [0.05, 0.1) is 0 Å². The summed E-state index contributed by atoms with van der Waals surface area (Å²) >= 11 is 0. The van der Waals surface area contributed by atoms with Crippen molar-refractivity contribution in [1.82, 2.24) is 0 Å². The molecule has 0 radical (unpaired) electrons. The highest BCUT2D eigenvalue weighted by atomic mass is 19.1. The highest BCUT2D eigenvalue weighted by molar-refractivity contribution is 4.85. The molecule has 0 aliphatic rings. The molecule has 0 fully saturated rings. The zero-order valence-electron chi connectivity index (χ0n) is 4.63. The Kier molecular flexibility index (Phi) is 1.24. The molecule has 1 nitrogen and oxygen atoms in total. The fraction of sp³-hybridized carbons (Fsp3) is 0.167. The van der Waals surface area contributed by atoms with Gasteiger partial charge in [0.15, 0.2) is 6.20 Å². The van der Waals surface area contributed by atoms with E-state index in [0.717, 1.165) is 0 Å². The fourth-order valence-electron chi connectivity index (χ4n) is 0.503. The minimum absolute atomic E-state index is 0.215. The molecule has 1 aromatic heterocycles. The lowest BCUT2D eigenvalue weighted by atomic mass is 10.5. The van der Waals surface area contributed by atoms with Crippen molar-refractivity contribution in [3.05, 3.63) is 30.3 Å². The third-order valence-corrected chi connectivity index (χ3v) is 0.991. The number of aryl methyl sites for hydroxylation is 1. The molecule has 0 spiro atoms. The van der Waals surface area contributed by atoms with E-state index >= 15 is 0 Å². The summed E-state index contributed by atoms with van der Waals surface area (Å²) in [5.41, 5.74) is 0. The lowest BCUT2D eigenvalue weighted by Crippen LogP contribution is -2.31. The Morgan fingerprint density at radius 3 is 2.62 bits per heavy atom. The van der Waals surface area contributed by atoms with Crippen LogP contribution in [0.25, 0.3) is 0 Å². The molecule has 0 N–H and O–H groups in total. The summed E-state index contributed by atoms with van der Waals surface area (Å²) in [5.74, 6) is -0.215. The largest absolute Gasteiger partial charge is 0.359 e. The van der Waals surface area contributed by atoms with Crippen LogP contribution in [0.1, 0.15) is 0 Å². The highest BCUT2D eigenvalue weighted by Gasteiger charge is 1.97. The van der Waals surface area contributed by atoms with Crippen LogP contribution < -0.4 is 4.57 Å². The third-order valence-electron chi connectivity index (χ3n) is 0.991. The van der Waals surface area contributed by atoms with Gasteiger partial charge in [0.2, 0.25) is 0 Å². The molecule has 0 saturated heterocycles. The minimum atomic E-state index is -0.215. The van der Waals surface area contributed by atoms with E-state index in [1.165, 1.54) is 10.6 Å². The number of rotatable bonds is 0. The first-order chi connectivity index (χ1) is 3.80. The van der Waals surface area contributed by atoms with Crippen molar-refractivity contribution in [2.24, 2.45) is 7.05 Å². The van der Waals surface area contributed by atoms with E-state index in [4.69, 9.17) is 0 Å². The molecule has 1 rings (SSSR count). The number of hydrogen-bond donors (Lipinski definition) is 0. The molecule has 1 heterocycles. The van der Waals surface area contributed by atoms with Crippen LogP contribution in [0.15, 0.2) is 24.4 Å². The molecule has 0 amide bonds. The molecule has 0 atom stereocenters. The molecular formula is C6H7FN+. The van der Waals surface area contributed by atoms with E-state index < -0.39 is 0 Å². The lowest BCUT2D eigenvalue weighted by molar-refractivity contribution is -0.700. The van der Waals surface area contributed by atoms with Crippen LogP contribution in [0, 0.1) is 5.95 Å². The van der Waals surface area contributed by atoms with Gasteiger partial charge in [0.25, 0.3) is 0 Å². The van der Waals surface area contributed by atoms with Gasteiger partial charge in [0, 0.05) is 12.1 Å². The molecule has 0 aromatic carbocycles. The Balaban J connectivity index is 3.13. The first-order valence-electron chi connectivity index (χ1n) is 2.41. The Bertz CT molecular complexity index is 165. The van der Waals surface area contributed by atoms with Crippen molar-refractivity contribution < 1.29 is 8.96 Å². The average Bonchev–Trinajstić information content (AvgIpc) is 1.77. The van der Waals surface area contributed by atoms with Gasteiger partial charge in [-0.3, -0.25) is 0 Å². The molecule has 8 heavy (non-hydrogen) atoms. The summed E-state index contributed by atoms with van der Waals surface area (Å²) in [6.45, 7) is 0.